The van der Waals surface area contributed by atoms with Crippen molar-refractivity contribution in [2.24, 2.45) is 11.1 Å². The number of rotatable bonds is 13. The van der Waals surface area contributed by atoms with E-state index in [9.17, 15) is 38.7 Å². The van der Waals surface area contributed by atoms with E-state index in [1.165, 1.54) is 0 Å². The largest absolute Gasteiger partial charge is 1.00 e. The summed E-state index contributed by atoms with van der Waals surface area (Å²) in [7, 11) is 0. The number of esters is 3. The van der Waals surface area contributed by atoms with Gasteiger partial charge in [-0.25, -0.2) is 19.2 Å². The molecule has 0 atom stereocenters. The normalized spacial score (nSPS) is 10.1. The van der Waals surface area contributed by atoms with Crippen LogP contribution >= 0.6 is 0 Å². The molecule has 0 aliphatic rings. The Bertz CT molecular complexity index is 1240. The molecule has 0 aliphatic carbocycles. The van der Waals surface area contributed by atoms with Crippen molar-refractivity contribution in [3.05, 3.63) is 17.5 Å². The Balaban J connectivity index is -0.000000140. The number of aromatic carboxylic acids is 1. The topological polar surface area (TPSA) is 234 Å². The Morgan fingerprint density at radius 2 is 1.11 bits per heavy atom. The average Bonchev–Trinajstić information content (AvgIpc) is 3.47. The molecule has 0 fully saturated rings. The van der Waals surface area contributed by atoms with Gasteiger partial charge >= 0.3 is 75.3 Å². The molecular weight excluding hydrogens is 754 g/mol. The molecule has 1 aromatic rings. The Kier molecular flexibility index (Phi) is 43.2. The first-order chi connectivity index (χ1) is 25.0. The Morgan fingerprint density at radius 1 is 0.732 bits per heavy atom. The number of aryl methyl sites for hydroxylation is 1. The summed E-state index contributed by atoms with van der Waals surface area (Å²) < 4.78 is 14.9. The Hall–Kier alpha value is -2.34. The van der Waals surface area contributed by atoms with Crippen LogP contribution in [0.5, 0.6) is 0 Å². The summed E-state index contributed by atoms with van der Waals surface area (Å²) in [6, 6.07) is 1.66. The number of aromatic nitrogens is 2. The number of hydrogen-bond acceptors (Lipinski definition) is 13. The monoisotopic (exact) mass is 827 g/mol. The first kappa shape index (κ1) is 65.5. The smallest absolute Gasteiger partial charge is 0.850 e. The number of nitrogens with zero attached hydrogens (tertiary/aromatic N) is 2. The SMILES string of the molecule is CC(C)(C)CN.CC(C)(C)[O-].CCCC(=O)CC(=O)C(=O)OCC.CCCC(C)=O.CCCc1cc(C(=O)O)nn1C(C)(C)C.CCOC(=O)C(=O)OCC.[K+]. The first-order valence-corrected chi connectivity index (χ1v) is 18.8. The van der Waals surface area contributed by atoms with E-state index in [2.05, 4.69) is 47.0 Å². The van der Waals surface area contributed by atoms with Crippen molar-refractivity contribution in [2.45, 2.75) is 167 Å². The number of carboxylic acids is 1. The molecule has 322 valence electrons. The van der Waals surface area contributed by atoms with E-state index >= 15 is 0 Å². The van der Waals surface area contributed by atoms with Gasteiger partial charge in [0.15, 0.2) is 5.69 Å². The van der Waals surface area contributed by atoms with Crippen molar-refractivity contribution in [3.8, 4) is 0 Å². The van der Waals surface area contributed by atoms with Gasteiger partial charge in [0.25, 0.3) is 0 Å². The molecule has 0 saturated heterocycles. The fourth-order valence-electron chi connectivity index (χ4n) is 3.10. The van der Waals surface area contributed by atoms with Gasteiger partial charge in [0.1, 0.15) is 11.6 Å². The van der Waals surface area contributed by atoms with Gasteiger partial charge in [-0.3, -0.25) is 14.3 Å². The van der Waals surface area contributed by atoms with Crippen LogP contribution in [0.1, 0.15) is 165 Å². The van der Waals surface area contributed by atoms with Gasteiger partial charge in [-0.15, -0.1) is 5.60 Å². The summed E-state index contributed by atoms with van der Waals surface area (Å²) in [5.41, 5.74) is 5.83. The van der Waals surface area contributed by atoms with Gasteiger partial charge in [0.05, 0.1) is 31.8 Å². The van der Waals surface area contributed by atoms with Gasteiger partial charge in [0.2, 0.25) is 5.78 Å². The molecule has 15 nitrogen and oxygen atoms in total. The minimum atomic E-state index is -0.963. The van der Waals surface area contributed by atoms with E-state index in [1.807, 2.05) is 34.6 Å². The molecule has 0 bridgehead atoms. The number of carbonyl (C=O) groups excluding carboxylic acids is 6. The van der Waals surface area contributed by atoms with E-state index in [0.29, 0.717) is 18.3 Å². The standard InChI is InChI=1S/C11H18N2O2.C9H14O4.C6H10O4.C5H13N.C5H10O.C4H9O.K/c1-5-6-8-7-9(10(14)15)12-13(8)11(2,3)4;1-3-5-7(10)6-8(11)9(12)13-4-2;1-3-9-5(7)6(8)10-4-2;1-5(2,3)4-6;1-3-4-5(2)6;1-4(2,3)5;/h7H,5-6H2,1-4H3,(H,14,15);3-6H2,1-2H3;3-4H2,1-2H3;4,6H2,1-3H3;3-4H2,1-2H3;1-3H3;/q;;;;;-1;+1. The molecule has 56 heavy (non-hydrogen) atoms. The van der Waals surface area contributed by atoms with Crippen LogP contribution < -0.4 is 62.2 Å². The van der Waals surface area contributed by atoms with E-state index in [-0.39, 0.29) is 100 Å². The van der Waals surface area contributed by atoms with Gasteiger partial charge in [-0.2, -0.15) is 5.10 Å². The first-order valence-electron chi connectivity index (χ1n) is 18.8. The van der Waals surface area contributed by atoms with Gasteiger partial charge in [-0.1, -0.05) is 68.7 Å². The van der Waals surface area contributed by atoms with Crippen LogP contribution in [0.15, 0.2) is 6.07 Å². The fourth-order valence-corrected chi connectivity index (χ4v) is 3.10. The third kappa shape index (κ3) is 47.8. The van der Waals surface area contributed by atoms with Crippen molar-refractivity contribution < 1.29 is 109 Å². The summed E-state index contributed by atoms with van der Waals surface area (Å²) >= 11 is 0. The van der Waals surface area contributed by atoms with Crippen molar-refractivity contribution in [3.63, 3.8) is 0 Å². The second-order valence-electron chi connectivity index (χ2n) is 15.0. The summed E-state index contributed by atoms with van der Waals surface area (Å²) in [5.74, 6) is -4.39. The van der Waals surface area contributed by atoms with E-state index in [4.69, 9.17) is 10.8 Å². The maximum Gasteiger partial charge on any atom is 1.00 e. The maximum atomic E-state index is 10.9. The number of nitrogens with two attached hydrogens (primary N) is 1. The minimum Gasteiger partial charge on any atom is -0.850 e. The number of carboxylic acid groups (broad SMARTS) is 1. The molecule has 1 aromatic heterocycles. The molecular formula is C40H74KN3O12. The van der Waals surface area contributed by atoms with Crippen LogP contribution in [0, 0.1) is 5.41 Å². The molecule has 0 saturated carbocycles. The molecule has 16 heteroatoms. The van der Waals surface area contributed by atoms with Gasteiger partial charge in [-0.05, 0) is 85.8 Å². The van der Waals surface area contributed by atoms with E-state index in [0.717, 1.165) is 37.9 Å². The average molecular weight is 828 g/mol. The molecule has 1 rings (SSSR count). The second-order valence-corrected chi connectivity index (χ2v) is 15.0. The zero-order valence-corrected chi connectivity index (χ0v) is 40.9. The summed E-state index contributed by atoms with van der Waals surface area (Å²) in [6.07, 6.45) is 4.26. The van der Waals surface area contributed by atoms with Crippen LogP contribution in [0.2, 0.25) is 0 Å². The number of carbonyl (C=O) groups is 7. The molecule has 0 aliphatic heterocycles. The minimum absolute atomic E-state index is 0. The van der Waals surface area contributed by atoms with Crippen LogP contribution in [0.3, 0.4) is 0 Å². The van der Waals surface area contributed by atoms with E-state index in [1.54, 1.807) is 59.2 Å². The van der Waals surface area contributed by atoms with Crippen LogP contribution in [-0.2, 0) is 54.9 Å². The van der Waals surface area contributed by atoms with Crippen molar-refractivity contribution in [1.29, 1.82) is 0 Å². The second kappa shape index (κ2) is 37.0. The Labute approximate surface area is 379 Å². The number of Topliss-reactive ketones (excluding diaryl/α,β-unsaturated/α-hetero) is 3. The summed E-state index contributed by atoms with van der Waals surface area (Å²) in [5, 5.41) is 23.1. The Morgan fingerprint density at radius 3 is 1.36 bits per heavy atom. The van der Waals surface area contributed by atoms with Crippen LogP contribution in [0.4, 0.5) is 0 Å². The van der Waals surface area contributed by atoms with E-state index < -0.39 is 35.3 Å². The molecule has 1 heterocycles. The molecule has 0 spiro atoms. The van der Waals surface area contributed by atoms with Gasteiger partial charge < -0.3 is 35.0 Å². The van der Waals surface area contributed by atoms with Crippen molar-refractivity contribution in [1.82, 2.24) is 9.78 Å². The van der Waals surface area contributed by atoms with Gasteiger partial charge in [0, 0.05) is 18.5 Å². The van der Waals surface area contributed by atoms with Crippen molar-refractivity contribution in [2.75, 3.05) is 26.4 Å². The van der Waals surface area contributed by atoms with Crippen LogP contribution in [0.25, 0.3) is 0 Å². The zero-order chi connectivity index (χ0) is 44.6. The zero-order valence-electron chi connectivity index (χ0n) is 37.8. The predicted molar refractivity (Wildman–Crippen MR) is 211 cm³/mol. The summed E-state index contributed by atoms with van der Waals surface area (Å²) in [6.45, 7) is 31.0. The fraction of sp³-hybridized carbons (Fsp3) is 0.750. The van der Waals surface area contributed by atoms with Crippen molar-refractivity contribution >= 4 is 41.2 Å². The molecule has 0 aromatic carbocycles. The third-order valence-corrected chi connectivity index (χ3v) is 5.47. The molecule has 0 unspecified atom stereocenters. The maximum absolute atomic E-state index is 10.9. The quantitative estimate of drug-likeness (QED) is 0.0957. The molecule has 0 amide bonds. The number of hydrogen-bond donors (Lipinski definition) is 2. The number of ketones is 3. The summed E-state index contributed by atoms with van der Waals surface area (Å²) in [4.78, 5) is 74.4. The van der Waals surface area contributed by atoms with Crippen LogP contribution in [-0.4, -0.2) is 88.1 Å². The third-order valence-electron chi connectivity index (χ3n) is 5.47. The molecule has 3 N–H and O–H groups in total. The predicted octanol–water partition coefficient (Wildman–Crippen LogP) is 2.80. The molecule has 0 radical (unpaired) electrons. The number of ether oxygens (including phenoxy) is 3.